The number of carbonyl (C=O) groups is 2. The zero-order valence-electron chi connectivity index (χ0n) is 12.5. The van der Waals surface area contributed by atoms with Crippen LogP contribution >= 0.6 is 0 Å². The first-order valence-electron chi connectivity index (χ1n) is 7.70. The normalized spacial score (nSPS) is 25.2. The summed E-state index contributed by atoms with van der Waals surface area (Å²) in [4.78, 5) is 27.7. The fourth-order valence-electron chi connectivity index (χ4n) is 3.08. The van der Waals surface area contributed by atoms with Gasteiger partial charge < -0.3 is 14.9 Å². The van der Waals surface area contributed by atoms with Gasteiger partial charge in [0.2, 0.25) is 0 Å². The molecule has 0 aromatic carbocycles. The molecule has 1 saturated carbocycles. The Morgan fingerprint density at radius 1 is 1.48 bits per heavy atom. The maximum Gasteiger partial charge on any atom is 0.320 e. The van der Waals surface area contributed by atoms with Crippen molar-refractivity contribution in [2.45, 2.75) is 51.5 Å². The van der Waals surface area contributed by atoms with E-state index < -0.39 is 11.4 Å². The molecule has 1 saturated heterocycles. The molecule has 0 radical (unpaired) electrons. The van der Waals surface area contributed by atoms with Gasteiger partial charge in [0.25, 0.3) is 0 Å². The van der Waals surface area contributed by atoms with Gasteiger partial charge in [-0.2, -0.15) is 5.26 Å². The van der Waals surface area contributed by atoms with Gasteiger partial charge in [0, 0.05) is 25.7 Å². The molecule has 6 heteroatoms. The molecule has 0 spiro atoms. The molecule has 2 aliphatic rings. The van der Waals surface area contributed by atoms with Crippen molar-refractivity contribution in [3.8, 4) is 6.07 Å². The third kappa shape index (κ3) is 3.29. The van der Waals surface area contributed by atoms with Crippen molar-refractivity contribution in [1.82, 2.24) is 9.80 Å². The SMILES string of the molecule is CCC1(C(=O)O)CCCN(C(=O)N(CCC#N)C2CC2)C1. The Bertz CT molecular complexity index is 456. The summed E-state index contributed by atoms with van der Waals surface area (Å²) in [6.07, 6.45) is 4.19. The Morgan fingerprint density at radius 3 is 2.71 bits per heavy atom. The first kappa shape index (κ1) is 15.6. The van der Waals surface area contributed by atoms with Crippen LogP contribution in [0, 0.1) is 16.7 Å². The summed E-state index contributed by atoms with van der Waals surface area (Å²) >= 11 is 0. The molecule has 1 aliphatic heterocycles. The number of carboxylic acids is 1. The third-order valence-electron chi connectivity index (χ3n) is 4.68. The second kappa shape index (κ2) is 6.33. The number of aliphatic carboxylic acids is 1. The van der Waals surface area contributed by atoms with Crippen LogP contribution in [0.1, 0.15) is 45.4 Å². The molecule has 1 N–H and O–H groups in total. The number of piperidine rings is 1. The summed E-state index contributed by atoms with van der Waals surface area (Å²) in [6.45, 7) is 3.22. The Balaban J connectivity index is 2.07. The van der Waals surface area contributed by atoms with Crippen LogP contribution in [-0.4, -0.2) is 52.6 Å². The number of rotatable bonds is 5. The summed E-state index contributed by atoms with van der Waals surface area (Å²) in [5, 5.41) is 18.2. The second-order valence-corrected chi connectivity index (χ2v) is 6.08. The number of hydrogen-bond acceptors (Lipinski definition) is 3. The lowest BCUT2D eigenvalue weighted by Gasteiger charge is -2.41. The summed E-state index contributed by atoms with van der Waals surface area (Å²) < 4.78 is 0. The van der Waals surface area contributed by atoms with Crippen LogP contribution in [0.4, 0.5) is 4.79 Å². The molecule has 2 fully saturated rings. The van der Waals surface area contributed by atoms with Gasteiger partial charge in [-0.3, -0.25) is 4.79 Å². The fraction of sp³-hybridized carbons (Fsp3) is 0.800. The molecule has 116 valence electrons. The van der Waals surface area contributed by atoms with Gasteiger partial charge in [-0.25, -0.2) is 4.79 Å². The topological polar surface area (TPSA) is 84.6 Å². The lowest BCUT2D eigenvalue weighted by molar-refractivity contribution is -0.152. The minimum absolute atomic E-state index is 0.0912. The van der Waals surface area contributed by atoms with Crippen molar-refractivity contribution < 1.29 is 14.7 Å². The number of nitriles is 1. The highest BCUT2D eigenvalue weighted by Gasteiger charge is 2.44. The van der Waals surface area contributed by atoms with Crippen LogP contribution < -0.4 is 0 Å². The lowest BCUT2D eigenvalue weighted by Crippen LogP contribution is -2.54. The highest BCUT2D eigenvalue weighted by Crippen LogP contribution is 2.35. The number of amides is 2. The summed E-state index contributed by atoms with van der Waals surface area (Å²) in [6, 6.07) is 2.23. The molecular formula is C15H23N3O3. The van der Waals surface area contributed by atoms with E-state index in [4.69, 9.17) is 5.26 Å². The Labute approximate surface area is 125 Å². The van der Waals surface area contributed by atoms with Crippen LogP contribution in [-0.2, 0) is 4.79 Å². The van der Waals surface area contributed by atoms with Crippen molar-refractivity contribution in [2.75, 3.05) is 19.6 Å². The average Bonchev–Trinajstić information content (AvgIpc) is 3.32. The number of hydrogen-bond donors (Lipinski definition) is 1. The number of carboxylic acid groups (broad SMARTS) is 1. The highest BCUT2D eigenvalue weighted by atomic mass is 16.4. The minimum atomic E-state index is -0.808. The fourth-order valence-corrected chi connectivity index (χ4v) is 3.08. The predicted octanol–water partition coefficient (Wildman–Crippen LogP) is 2.06. The monoisotopic (exact) mass is 293 g/mol. The van der Waals surface area contributed by atoms with Gasteiger partial charge in [0.1, 0.15) is 0 Å². The smallest absolute Gasteiger partial charge is 0.320 e. The van der Waals surface area contributed by atoms with E-state index in [2.05, 4.69) is 6.07 Å². The minimum Gasteiger partial charge on any atom is -0.481 e. The molecule has 2 amide bonds. The van der Waals surface area contributed by atoms with Gasteiger partial charge in [-0.15, -0.1) is 0 Å². The van der Waals surface area contributed by atoms with Crippen LogP contribution in [0.25, 0.3) is 0 Å². The number of carbonyl (C=O) groups excluding carboxylic acids is 1. The summed E-state index contributed by atoms with van der Waals surface area (Å²) in [5.41, 5.74) is -0.807. The lowest BCUT2D eigenvalue weighted by atomic mass is 9.78. The number of urea groups is 1. The molecule has 1 atom stereocenters. The van der Waals surface area contributed by atoms with E-state index in [1.54, 1.807) is 9.80 Å². The van der Waals surface area contributed by atoms with E-state index >= 15 is 0 Å². The highest BCUT2D eigenvalue weighted by molar-refractivity contribution is 5.79. The van der Waals surface area contributed by atoms with E-state index in [0.717, 1.165) is 19.3 Å². The Kier molecular flexibility index (Phi) is 4.71. The van der Waals surface area contributed by atoms with E-state index in [-0.39, 0.29) is 18.6 Å². The maximum absolute atomic E-state index is 12.7. The molecule has 0 bridgehead atoms. The average molecular weight is 293 g/mol. The van der Waals surface area contributed by atoms with Gasteiger partial charge in [0.15, 0.2) is 0 Å². The largest absolute Gasteiger partial charge is 0.481 e. The second-order valence-electron chi connectivity index (χ2n) is 6.08. The van der Waals surface area contributed by atoms with Crippen LogP contribution in [0.3, 0.4) is 0 Å². The van der Waals surface area contributed by atoms with E-state index in [9.17, 15) is 14.7 Å². The van der Waals surface area contributed by atoms with Crippen molar-refractivity contribution >= 4 is 12.0 Å². The van der Waals surface area contributed by atoms with E-state index in [1.165, 1.54) is 0 Å². The summed E-state index contributed by atoms with van der Waals surface area (Å²) in [7, 11) is 0. The molecule has 0 aromatic heterocycles. The van der Waals surface area contributed by atoms with Gasteiger partial charge in [0.05, 0.1) is 17.9 Å². The third-order valence-corrected chi connectivity index (χ3v) is 4.68. The van der Waals surface area contributed by atoms with Crippen LogP contribution in [0.15, 0.2) is 0 Å². The van der Waals surface area contributed by atoms with Gasteiger partial charge in [-0.1, -0.05) is 6.92 Å². The van der Waals surface area contributed by atoms with Gasteiger partial charge in [-0.05, 0) is 32.1 Å². The van der Waals surface area contributed by atoms with Crippen molar-refractivity contribution in [1.29, 1.82) is 5.26 Å². The van der Waals surface area contributed by atoms with Crippen molar-refractivity contribution in [2.24, 2.45) is 5.41 Å². The Morgan fingerprint density at radius 2 is 2.19 bits per heavy atom. The molecular weight excluding hydrogens is 270 g/mol. The molecule has 2 rings (SSSR count). The molecule has 6 nitrogen and oxygen atoms in total. The van der Waals surface area contributed by atoms with Gasteiger partial charge >= 0.3 is 12.0 Å². The van der Waals surface area contributed by atoms with Crippen LogP contribution in [0.5, 0.6) is 0 Å². The maximum atomic E-state index is 12.7. The van der Waals surface area contributed by atoms with Crippen LogP contribution in [0.2, 0.25) is 0 Å². The number of nitrogens with zero attached hydrogens (tertiary/aromatic N) is 3. The molecule has 0 aromatic rings. The zero-order chi connectivity index (χ0) is 15.5. The predicted molar refractivity (Wildman–Crippen MR) is 76.5 cm³/mol. The standard InChI is InChI=1S/C15H23N3O3/c1-2-15(13(19)20)7-3-9-17(11-15)14(21)18(10-4-8-16)12-5-6-12/h12H,2-7,9-11H2,1H3,(H,19,20). The van der Waals surface area contributed by atoms with E-state index in [0.29, 0.717) is 32.4 Å². The Hall–Kier alpha value is -1.77. The zero-order valence-corrected chi connectivity index (χ0v) is 12.5. The quantitative estimate of drug-likeness (QED) is 0.840. The number of likely N-dealkylation sites (tertiary alicyclic amines) is 1. The first-order chi connectivity index (χ1) is 10.0. The van der Waals surface area contributed by atoms with Crippen molar-refractivity contribution in [3.05, 3.63) is 0 Å². The first-order valence-corrected chi connectivity index (χ1v) is 7.70. The molecule has 1 heterocycles. The molecule has 1 unspecified atom stereocenters. The summed E-state index contributed by atoms with van der Waals surface area (Å²) in [5.74, 6) is -0.808. The molecule has 21 heavy (non-hydrogen) atoms. The van der Waals surface area contributed by atoms with E-state index in [1.807, 2.05) is 6.92 Å². The van der Waals surface area contributed by atoms with Crippen molar-refractivity contribution in [3.63, 3.8) is 0 Å². The molecule has 1 aliphatic carbocycles.